The number of rotatable bonds is 4. The van der Waals surface area contributed by atoms with Gasteiger partial charge in [-0.1, -0.05) is 56.1 Å². The van der Waals surface area contributed by atoms with E-state index in [1.165, 1.54) is 0 Å². The smallest absolute Gasteiger partial charge is 0.267 e. The van der Waals surface area contributed by atoms with Gasteiger partial charge in [0.1, 0.15) is 0 Å². The van der Waals surface area contributed by atoms with Crippen LogP contribution in [0, 0.1) is 0 Å². The lowest BCUT2D eigenvalue weighted by atomic mass is 9.94. The van der Waals surface area contributed by atoms with Crippen LogP contribution in [0.15, 0.2) is 47.3 Å². The molecule has 158 valence electrons. The number of carbonyl (C=O) groups is 2. The Bertz CT molecular complexity index is 1230. The molecular formula is C23H19Cl2N3O3. The maximum absolute atomic E-state index is 12.8. The number of benzene rings is 2. The summed E-state index contributed by atoms with van der Waals surface area (Å²) in [4.78, 5) is 38.6. The SMILES string of the molecule is CC(C)c1cc(C(C)c2c(Cl)cc(N3C(=O)c4ccccc4C3=O)cc2Cl)n[nH]c1=O. The van der Waals surface area contributed by atoms with E-state index >= 15 is 0 Å². The minimum absolute atomic E-state index is 0.0276. The third-order valence-electron chi connectivity index (χ3n) is 5.47. The first kappa shape index (κ1) is 21.3. The van der Waals surface area contributed by atoms with Crippen molar-refractivity contribution in [1.82, 2.24) is 10.2 Å². The molecule has 1 aliphatic heterocycles. The van der Waals surface area contributed by atoms with E-state index in [0.29, 0.717) is 43.7 Å². The van der Waals surface area contributed by atoms with Crippen LogP contribution in [-0.4, -0.2) is 22.0 Å². The number of halogens is 2. The second-order valence-electron chi connectivity index (χ2n) is 7.77. The van der Waals surface area contributed by atoms with Crippen molar-refractivity contribution < 1.29 is 9.59 Å². The molecule has 0 spiro atoms. The third-order valence-corrected chi connectivity index (χ3v) is 6.09. The van der Waals surface area contributed by atoms with Crippen molar-refractivity contribution in [2.75, 3.05) is 4.90 Å². The molecule has 0 fully saturated rings. The Labute approximate surface area is 188 Å². The standard InChI is InChI=1S/C23H19Cl2N3O3/c1-11(2)16-10-19(26-27-21(16)29)12(3)20-17(24)8-13(9-18(20)25)28-22(30)14-6-4-5-7-15(14)23(28)31/h4-12H,1-3H3,(H,27,29). The second kappa shape index (κ2) is 7.94. The molecule has 1 aromatic heterocycles. The second-order valence-corrected chi connectivity index (χ2v) is 8.58. The van der Waals surface area contributed by atoms with E-state index in [0.717, 1.165) is 4.90 Å². The molecule has 2 heterocycles. The van der Waals surface area contributed by atoms with Crippen LogP contribution in [0.3, 0.4) is 0 Å². The van der Waals surface area contributed by atoms with Crippen molar-refractivity contribution in [1.29, 1.82) is 0 Å². The summed E-state index contributed by atoms with van der Waals surface area (Å²) in [6, 6.07) is 11.5. The highest BCUT2D eigenvalue weighted by Gasteiger charge is 2.37. The Kier molecular flexibility index (Phi) is 5.45. The van der Waals surface area contributed by atoms with Gasteiger partial charge in [0, 0.05) is 21.5 Å². The average molecular weight is 456 g/mol. The Morgan fingerprint density at radius 1 is 0.903 bits per heavy atom. The highest BCUT2D eigenvalue weighted by Crippen LogP contribution is 2.40. The maximum Gasteiger partial charge on any atom is 0.267 e. The molecule has 1 aliphatic rings. The van der Waals surface area contributed by atoms with E-state index < -0.39 is 11.8 Å². The highest BCUT2D eigenvalue weighted by atomic mass is 35.5. The number of H-pyrrole nitrogens is 1. The van der Waals surface area contributed by atoms with Crippen LogP contribution in [-0.2, 0) is 0 Å². The van der Waals surface area contributed by atoms with Gasteiger partial charge in [0.15, 0.2) is 0 Å². The summed E-state index contributed by atoms with van der Waals surface area (Å²) in [7, 11) is 0. The molecule has 0 bridgehead atoms. The molecular weight excluding hydrogens is 437 g/mol. The number of hydrogen-bond acceptors (Lipinski definition) is 4. The Morgan fingerprint density at radius 3 is 1.97 bits per heavy atom. The van der Waals surface area contributed by atoms with Crippen LogP contribution in [0.4, 0.5) is 5.69 Å². The third kappa shape index (κ3) is 3.56. The molecule has 1 N–H and O–H groups in total. The van der Waals surface area contributed by atoms with Gasteiger partial charge < -0.3 is 0 Å². The monoisotopic (exact) mass is 455 g/mol. The molecule has 0 saturated heterocycles. The van der Waals surface area contributed by atoms with Crippen LogP contribution in [0.1, 0.15) is 70.1 Å². The van der Waals surface area contributed by atoms with Gasteiger partial charge >= 0.3 is 0 Å². The number of nitrogens with zero attached hydrogens (tertiary/aromatic N) is 2. The molecule has 3 aromatic rings. The molecule has 0 radical (unpaired) electrons. The number of anilines is 1. The minimum Gasteiger partial charge on any atom is -0.268 e. The van der Waals surface area contributed by atoms with Crippen molar-refractivity contribution in [3.63, 3.8) is 0 Å². The fraction of sp³-hybridized carbons (Fsp3) is 0.217. The number of amides is 2. The largest absolute Gasteiger partial charge is 0.268 e. The number of carbonyl (C=O) groups excluding carboxylic acids is 2. The quantitative estimate of drug-likeness (QED) is 0.551. The summed E-state index contributed by atoms with van der Waals surface area (Å²) in [6.07, 6.45) is 0. The van der Waals surface area contributed by atoms with Gasteiger partial charge in [0.2, 0.25) is 0 Å². The highest BCUT2D eigenvalue weighted by molar-refractivity contribution is 6.38. The van der Waals surface area contributed by atoms with E-state index in [4.69, 9.17) is 23.2 Å². The van der Waals surface area contributed by atoms with Gasteiger partial charge in [-0.05, 0) is 41.8 Å². The number of aromatic nitrogens is 2. The van der Waals surface area contributed by atoms with Crippen molar-refractivity contribution in [2.45, 2.75) is 32.6 Å². The van der Waals surface area contributed by atoms with Crippen molar-refractivity contribution >= 4 is 40.7 Å². The Morgan fingerprint density at radius 2 is 1.45 bits per heavy atom. The van der Waals surface area contributed by atoms with Crippen LogP contribution >= 0.6 is 23.2 Å². The summed E-state index contributed by atoms with van der Waals surface area (Å²) >= 11 is 13.1. The zero-order chi connectivity index (χ0) is 22.4. The lowest BCUT2D eigenvalue weighted by molar-refractivity contribution is 0.0926. The van der Waals surface area contributed by atoms with Gasteiger partial charge in [-0.2, -0.15) is 5.10 Å². The molecule has 8 heteroatoms. The summed E-state index contributed by atoms with van der Waals surface area (Å²) in [5.74, 6) is -1.14. The first-order valence-corrected chi connectivity index (χ1v) is 10.5. The summed E-state index contributed by atoms with van der Waals surface area (Å²) in [5.41, 5.74) is 2.58. The first-order valence-electron chi connectivity index (χ1n) is 9.77. The van der Waals surface area contributed by atoms with Crippen LogP contribution in [0.25, 0.3) is 0 Å². The maximum atomic E-state index is 12.8. The van der Waals surface area contributed by atoms with Crippen molar-refractivity contribution in [3.05, 3.63) is 90.8 Å². The predicted molar refractivity (Wildman–Crippen MR) is 121 cm³/mol. The van der Waals surface area contributed by atoms with Crippen molar-refractivity contribution in [2.24, 2.45) is 0 Å². The Hall–Kier alpha value is -2.96. The molecule has 0 aliphatic carbocycles. The molecule has 1 atom stereocenters. The fourth-order valence-electron chi connectivity index (χ4n) is 3.77. The lowest BCUT2D eigenvalue weighted by Gasteiger charge is -2.20. The van der Waals surface area contributed by atoms with E-state index in [2.05, 4.69) is 10.2 Å². The normalized spacial score (nSPS) is 14.3. The summed E-state index contributed by atoms with van der Waals surface area (Å²) in [5, 5.41) is 7.28. The molecule has 2 amide bonds. The summed E-state index contributed by atoms with van der Waals surface area (Å²) < 4.78 is 0. The van der Waals surface area contributed by atoms with Crippen LogP contribution < -0.4 is 10.5 Å². The summed E-state index contributed by atoms with van der Waals surface area (Å²) in [6.45, 7) is 5.73. The molecule has 1 unspecified atom stereocenters. The van der Waals surface area contributed by atoms with Gasteiger partial charge in [0.25, 0.3) is 17.4 Å². The molecule has 0 saturated carbocycles. The van der Waals surface area contributed by atoms with E-state index in [1.807, 2.05) is 20.8 Å². The average Bonchev–Trinajstić information content (AvgIpc) is 2.98. The molecule has 4 rings (SSSR count). The minimum atomic E-state index is -0.419. The molecule has 6 nitrogen and oxygen atoms in total. The van der Waals surface area contributed by atoms with Crippen molar-refractivity contribution in [3.8, 4) is 0 Å². The first-order chi connectivity index (χ1) is 14.7. The zero-order valence-electron chi connectivity index (χ0n) is 17.1. The molecule has 31 heavy (non-hydrogen) atoms. The van der Waals surface area contributed by atoms with E-state index in [9.17, 15) is 14.4 Å². The van der Waals surface area contributed by atoms with Gasteiger partial charge in [0.05, 0.1) is 22.5 Å². The van der Waals surface area contributed by atoms with E-state index in [-0.39, 0.29) is 17.4 Å². The van der Waals surface area contributed by atoms with Gasteiger partial charge in [-0.25, -0.2) is 10.00 Å². The zero-order valence-corrected chi connectivity index (χ0v) is 18.6. The van der Waals surface area contributed by atoms with Gasteiger partial charge in [-0.15, -0.1) is 0 Å². The van der Waals surface area contributed by atoms with Crippen LogP contribution in [0.2, 0.25) is 10.0 Å². The number of hydrogen-bond donors (Lipinski definition) is 1. The van der Waals surface area contributed by atoms with Gasteiger partial charge in [-0.3, -0.25) is 14.4 Å². The van der Waals surface area contributed by atoms with E-state index in [1.54, 1.807) is 42.5 Å². The number of imide groups is 1. The number of aromatic amines is 1. The Balaban J connectivity index is 1.74. The topological polar surface area (TPSA) is 83.1 Å². The molecule has 2 aromatic carbocycles. The number of fused-ring (bicyclic) bond motifs is 1. The predicted octanol–water partition coefficient (Wildman–Crippen LogP) is 5.15. The van der Waals surface area contributed by atoms with Crippen LogP contribution in [0.5, 0.6) is 0 Å². The fourth-order valence-corrected chi connectivity index (χ4v) is 4.58. The lowest BCUT2D eigenvalue weighted by Crippen LogP contribution is -2.29. The number of nitrogens with one attached hydrogen (secondary N) is 1.